The van der Waals surface area contributed by atoms with Gasteiger partial charge < -0.3 is 0 Å². The number of aliphatic imine (C=N–C) groups is 1. The summed E-state index contributed by atoms with van der Waals surface area (Å²) in [7, 11) is 0. The molecule has 0 fully saturated rings. The lowest BCUT2D eigenvalue weighted by atomic mass is 10.5. The quantitative estimate of drug-likeness (QED) is 0.622. The Hall–Kier alpha value is -0.900. The van der Waals surface area contributed by atoms with Crippen LogP contribution in [0.2, 0.25) is 0 Å². The maximum Gasteiger partial charge on any atom is 0.118 e. The first-order valence-electron chi connectivity index (χ1n) is 3.40. The zero-order valence-corrected chi connectivity index (χ0v) is 6.71. The number of nitrogens with zero attached hydrogens (tertiary/aromatic N) is 3. The van der Waals surface area contributed by atoms with E-state index in [2.05, 4.69) is 15.0 Å². The van der Waals surface area contributed by atoms with E-state index in [1.54, 1.807) is 30.4 Å². The van der Waals surface area contributed by atoms with Crippen LogP contribution in [0.1, 0.15) is 5.69 Å². The van der Waals surface area contributed by atoms with Crippen molar-refractivity contribution in [2.24, 2.45) is 4.99 Å². The highest BCUT2D eigenvalue weighted by molar-refractivity contribution is 8.14. The van der Waals surface area contributed by atoms with Gasteiger partial charge in [-0.3, -0.25) is 15.0 Å². The molecule has 2 rings (SSSR count). The standard InChI is InChI=1S/C7H7N3S/c1-2-9-6(5-8-1)7-10-3-4-11-7/h1-2,5H,3-4H2. The van der Waals surface area contributed by atoms with Crippen LogP contribution in [-0.4, -0.2) is 27.3 Å². The van der Waals surface area contributed by atoms with E-state index in [4.69, 9.17) is 0 Å². The van der Waals surface area contributed by atoms with Crippen LogP contribution in [0.25, 0.3) is 0 Å². The van der Waals surface area contributed by atoms with Crippen molar-refractivity contribution >= 4 is 16.8 Å². The Morgan fingerprint density at radius 2 is 2.36 bits per heavy atom. The predicted octanol–water partition coefficient (Wildman–Crippen LogP) is 0.970. The number of aromatic nitrogens is 2. The molecule has 0 spiro atoms. The average Bonchev–Trinajstić information content (AvgIpc) is 2.58. The number of rotatable bonds is 1. The summed E-state index contributed by atoms with van der Waals surface area (Å²) in [5, 5.41) is 1.03. The third-order valence-corrected chi connectivity index (χ3v) is 2.37. The molecule has 0 saturated carbocycles. The number of thioether (sulfide) groups is 1. The lowest BCUT2D eigenvalue weighted by Gasteiger charge is -1.94. The molecule has 1 aliphatic heterocycles. The van der Waals surface area contributed by atoms with E-state index in [0.29, 0.717) is 0 Å². The maximum atomic E-state index is 4.28. The minimum Gasteiger partial charge on any atom is -0.275 e. The van der Waals surface area contributed by atoms with Gasteiger partial charge in [0.25, 0.3) is 0 Å². The molecule has 0 atom stereocenters. The zero-order valence-electron chi connectivity index (χ0n) is 5.90. The van der Waals surface area contributed by atoms with Crippen LogP contribution in [0.5, 0.6) is 0 Å². The molecule has 1 aromatic heterocycles. The Kier molecular flexibility index (Phi) is 1.85. The van der Waals surface area contributed by atoms with E-state index in [0.717, 1.165) is 23.0 Å². The molecule has 1 aromatic rings. The second kappa shape index (κ2) is 3.00. The van der Waals surface area contributed by atoms with Crippen molar-refractivity contribution < 1.29 is 0 Å². The van der Waals surface area contributed by atoms with Gasteiger partial charge in [-0.1, -0.05) is 0 Å². The van der Waals surface area contributed by atoms with E-state index in [9.17, 15) is 0 Å². The van der Waals surface area contributed by atoms with Crippen molar-refractivity contribution in [2.75, 3.05) is 12.3 Å². The summed E-state index contributed by atoms with van der Waals surface area (Å²) in [6, 6.07) is 0. The first-order chi connectivity index (χ1) is 5.47. The highest BCUT2D eigenvalue weighted by Gasteiger charge is 2.09. The van der Waals surface area contributed by atoms with E-state index in [-0.39, 0.29) is 0 Å². The number of hydrogen-bond donors (Lipinski definition) is 0. The Morgan fingerprint density at radius 1 is 1.36 bits per heavy atom. The molecule has 4 heteroatoms. The van der Waals surface area contributed by atoms with Gasteiger partial charge in [-0.15, -0.1) is 11.8 Å². The van der Waals surface area contributed by atoms with Crippen molar-refractivity contribution in [3.05, 3.63) is 24.3 Å². The van der Waals surface area contributed by atoms with Crippen molar-refractivity contribution in [1.82, 2.24) is 9.97 Å². The third-order valence-electron chi connectivity index (χ3n) is 1.37. The minimum absolute atomic E-state index is 0.898. The molecule has 2 heterocycles. The maximum absolute atomic E-state index is 4.28. The summed E-state index contributed by atoms with van der Waals surface area (Å²) in [5.41, 5.74) is 0.898. The first kappa shape index (κ1) is 6.79. The summed E-state index contributed by atoms with van der Waals surface area (Å²) in [6.45, 7) is 0.913. The SMILES string of the molecule is c1cnc(C2=NCCS2)cn1. The summed E-state index contributed by atoms with van der Waals surface area (Å²) in [4.78, 5) is 12.4. The van der Waals surface area contributed by atoms with Gasteiger partial charge in [0.05, 0.1) is 6.20 Å². The Labute approximate surface area is 69.0 Å². The molecule has 0 saturated heterocycles. The van der Waals surface area contributed by atoms with Gasteiger partial charge in [-0.2, -0.15) is 0 Å². The Bertz CT molecular complexity index is 270. The van der Waals surface area contributed by atoms with Gasteiger partial charge >= 0.3 is 0 Å². The molecular weight excluding hydrogens is 158 g/mol. The molecule has 0 unspecified atom stereocenters. The van der Waals surface area contributed by atoms with Crippen LogP contribution in [0.15, 0.2) is 23.6 Å². The summed E-state index contributed by atoms with van der Waals surface area (Å²) in [6.07, 6.45) is 5.11. The summed E-state index contributed by atoms with van der Waals surface area (Å²) >= 11 is 1.74. The smallest absolute Gasteiger partial charge is 0.118 e. The minimum atomic E-state index is 0.898. The third kappa shape index (κ3) is 1.40. The van der Waals surface area contributed by atoms with Gasteiger partial charge in [0.1, 0.15) is 10.7 Å². The highest BCUT2D eigenvalue weighted by Crippen LogP contribution is 2.15. The lowest BCUT2D eigenvalue weighted by molar-refractivity contribution is 1.15. The zero-order chi connectivity index (χ0) is 7.52. The van der Waals surface area contributed by atoms with Crippen LogP contribution in [-0.2, 0) is 0 Å². The van der Waals surface area contributed by atoms with E-state index in [1.807, 2.05) is 0 Å². The summed E-state index contributed by atoms with van der Waals surface area (Å²) < 4.78 is 0. The van der Waals surface area contributed by atoms with Crippen LogP contribution in [0.3, 0.4) is 0 Å². The van der Waals surface area contributed by atoms with Gasteiger partial charge in [-0.05, 0) is 0 Å². The molecule has 56 valence electrons. The first-order valence-corrected chi connectivity index (χ1v) is 4.39. The molecule has 3 nitrogen and oxygen atoms in total. The number of hydrogen-bond acceptors (Lipinski definition) is 4. The fourth-order valence-electron chi connectivity index (χ4n) is 0.900. The monoisotopic (exact) mass is 165 g/mol. The largest absolute Gasteiger partial charge is 0.275 e. The van der Waals surface area contributed by atoms with Gasteiger partial charge in [0, 0.05) is 24.7 Å². The fraction of sp³-hybridized carbons (Fsp3) is 0.286. The van der Waals surface area contributed by atoms with Crippen LogP contribution in [0.4, 0.5) is 0 Å². The van der Waals surface area contributed by atoms with Gasteiger partial charge in [-0.25, -0.2) is 0 Å². The van der Waals surface area contributed by atoms with Crippen molar-refractivity contribution in [3.8, 4) is 0 Å². The van der Waals surface area contributed by atoms with Crippen molar-refractivity contribution in [3.63, 3.8) is 0 Å². The lowest BCUT2D eigenvalue weighted by Crippen LogP contribution is -1.95. The molecule has 0 N–H and O–H groups in total. The average molecular weight is 165 g/mol. The molecule has 0 amide bonds. The molecule has 0 bridgehead atoms. The second-order valence-electron chi connectivity index (χ2n) is 2.13. The molecule has 0 radical (unpaired) electrons. The molecule has 11 heavy (non-hydrogen) atoms. The van der Waals surface area contributed by atoms with Crippen molar-refractivity contribution in [2.45, 2.75) is 0 Å². The molecule has 0 aliphatic carbocycles. The van der Waals surface area contributed by atoms with E-state index in [1.165, 1.54) is 0 Å². The molecule has 1 aliphatic rings. The van der Waals surface area contributed by atoms with Gasteiger partial charge in [0.15, 0.2) is 0 Å². The van der Waals surface area contributed by atoms with Crippen LogP contribution >= 0.6 is 11.8 Å². The van der Waals surface area contributed by atoms with Crippen molar-refractivity contribution in [1.29, 1.82) is 0 Å². The predicted molar refractivity (Wildman–Crippen MR) is 45.9 cm³/mol. The molecule has 0 aromatic carbocycles. The molecular formula is C7H7N3S. The van der Waals surface area contributed by atoms with Crippen LogP contribution < -0.4 is 0 Å². The summed E-state index contributed by atoms with van der Waals surface area (Å²) in [5.74, 6) is 1.08. The Morgan fingerprint density at radius 3 is 3.00 bits per heavy atom. The second-order valence-corrected chi connectivity index (χ2v) is 3.21. The van der Waals surface area contributed by atoms with E-state index < -0.39 is 0 Å². The highest BCUT2D eigenvalue weighted by atomic mass is 32.2. The van der Waals surface area contributed by atoms with E-state index >= 15 is 0 Å². The Balaban J connectivity index is 2.29. The topological polar surface area (TPSA) is 38.1 Å². The normalized spacial score (nSPS) is 16.5. The van der Waals surface area contributed by atoms with Gasteiger partial charge in [0.2, 0.25) is 0 Å². The van der Waals surface area contributed by atoms with Crippen LogP contribution in [0, 0.1) is 0 Å². The fourth-order valence-corrected chi connectivity index (χ4v) is 1.71.